The molecule has 0 aromatic heterocycles. The van der Waals surface area contributed by atoms with Gasteiger partial charge in [0.15, 0.2) is 0 Å². The van der Waals surface area contributed by atoms with Crippen molar-refractivity contribution in [2.24, 2.45) is 5.92 Å². The number of aliphatic carboxylic acids is 1. The van der Waals surface area contributed by atoms with Crippen LogP contribution in [0, 0.1) is 5.92 Å². The van der Waals surface area contributed by atoms with Gasteiger partial charge in [-0.1, -0.05) is 37.9 Å². The molecule has 0 fully saturated rings. The normalized spacial score (nSPS) is 11.7. The first-order chi connectivity index (χ1) is 8.95. The van der Waals surface area contributed by atoms with E-state index >= 15 is 0 Å². The van der Waals surface area contributed by atoms with E-state index in [-0.39, 0.29) is 19.0 Å². The van der Waals surface area contributed by atoms with Crippen LogP contribution in [0.5, 0.6) is 0 Å². The van der Waals surface area contributed by atoms with Crippen LogP contribution in [-0.4, -0.2) is 30.2 Å². The molecule has 5 nitrogen and oxygen atoms in total. The summed E-state index contributed by atoms with van der Waals surface area (Å²) in [6.07, 6.45) is 3.63. The maximum Gasteiger partial charge on any atom is 0.315 e. The van der Waals surface area contributed by atoms with Crippen molar-refractivity contribution in [2.45, 2.75) is 39.0 Å². The number of amides is 2. The molecule has 0 heterocycles. The van der Waals surface area contributed by atoms with Gasteiger partial charge in [0.1, 0.15) is 0 Å². The van der Waals surface area contributed by atoms with Gasteiger partial charge < -0.3 is 15.7 Å². The Morgan fingerprint density at radius 3 is 2.47 bits per heavy atom. The second kappa shape index (κ2) is 10.7. The average molecular weight is 291 g/mol. The van der Waals surface area contributed by atoms with E-state index in [1.54, 1.807) is 0 Å². The number of hydrogen-bond donors (Lipinski definition) is 3. The summed E-state index contributed by atoms with van der Waals surface area (Å²) in [5.74, 6) is -0.433. The number of rotatable bonds is 10. The van der Waals surface area contributed by atoms with E-state index in [9.17, 15) is 9.59 Å². The standard InChI is InChI=1S/C13H23ClN2O3/c1-3-4-11(5-6-12(17)18)7-8-15-13(19)16-9-10(2)14/h11H,2-9H2,1H3,(H,17,18)(H2,15,16,19). The van der Waals surface area contributed by atoms with Crippen LogP contribution in [0.3, 0.4) is 0 Å². The lowest BCUT2D eigenvalue weighted by atomic mass is 9.94. The molecule has 0 saturated carbocycles. The molecule has 0 saturated heterocycles. The molecule has 0 aliphatic carbocycles. The lowest BCUT2D eigenvalue weighted by Gasteiger charge is -2.15. The van der Waals surface area contributed by atoms with Crippen LogP contribution < -0.4 is 10.6 Å². The lowest BCUT2D eigenvalue weighted by Crippen LogP contribution is -2.37. The lowest BCUT2D eigenvalue weighted by molar-refractivity contribution is -0.137. The largest absolute Gasteiger partial charge is 0.481 e. The Bertz CT molecular complexity index is 308. The molecule has 2 amide bonds. The van der Waals surface area contributed by atoms with Crippen molar-refractivity contribution < 1.29 is 14.7 Å². The third-order valence-electron chi connectivity index (χ3n) is 2.74. The van der Waals surface area contributed by atoms with Crippen LogP contribution in [0.2, 0.25) is 0 Å². The van der Waals surface area contributed by atoms with E-state index in [1.807, 2.05) is 0 Å². The second-order valence-corrected chi connectivity index (χ2v) is 5.04. The van der Waals surface area contributed by atoms with E-state index in [1.165, 1.54) is 0 Å². The van der Waals surface area contributed by atoms with E-state index in [0.717, 1.165) is 19.3 Å². The second-order valence-electron chi connectivity index (χ2n) is 4.50. The van der Waals surface area contributed by atoms with Gasteiger partial charge >= 0.3 is 12.0 Å². The van der Waals surface area contributed by atoms with Gasteiger partial charge in [-0.2, -0.15) is 0 Å². The zero-order valence-electron chi connectivity index (χ0n) is 11.4. The smallest absolute Gasteiger partial charge is 0.315 e. The first-order valence-electron chi connectivity index (χ1n) is 6.52. The highest BCUT2D eigenvalue weighted by Gasteiger charge is 2.10. The predicted molar refractivity (Wildman–Crippen MR) is 76.3 cm³/mol. The first kappa shape index (κ1) is 17.8. The highest BCUT2D eigenvalue weighted by Crippen LogP contribution is 2.17. The summed E-state index contributed by atoms with van der Waals surface area (Å²) in [5, 5.41) is 14.3. The minimum atomic E-state index is -0.771. The zero-order valence-corrected chi connectivity index (χ0v) is 12.1. The van der Waals surface area contributed by atoms with Crippen molar-refractivity contribution in [3.05, 3.63) is 11.6 Å². The molecule has 19 heavy (non-hydrogen) atoms. The Kier molecular flexibility index (Phi) is 9.98. The highest BCUT2D eigenvalue weighted by atomic mass is 35.5. The SMILES string of the molecule is C=C(Cl)CNC(=O)NCCC(CCC)CCC(=O)O. The van der Waals surface area contributed by atoms with Crippen LogP contribution in [0.4, 0.5) is 4.79 Å². The molecule has 0 aliphatic heterocycles. The summed E-state index contributed by atoms with van der Waals surface area (Å²) in [6.45, 7) is 6.31. The number of hydrogen-bond acceptors (Lipinski definition) is 2. The maximum atomic E-state index is 11.3. The Morgan fingerprint density at radius 2 is 1.95 bits per heavy atom. The Labute approximate surface area is 119 Å². The fraction of sp³-hybridized carbons (Fsp3) is 0.692. The van der Waals surface area contributed by atoms with E-state index < -0.39 is 5.97 Å². The molecular weight excluding hydrogens is 268 g/mol. The first-order valence-corrected chi connectivity index (χ1v) is 6.90. The van der Waals surface area contributed by atoms with Crippen molar-refractivity contribution in [1.82, 2.24) is 10.6 Å². The number of carboxylic acid groups (broad SMARTS) is 1. The molecule has 0 bridgehead atoms. The van der Waals surface area contributed by atoms with Gasteiger partial charge in [-0.25, -0.2) is 4.79 Å². The van der Waals surface area contributed by atoms with Crippen molar-refractivity contribution in [3.8, 4) is 0 Å². The monoisotopic (exact) mass is 290 g/mol. The van der Waals surface area contributed by atoms with Crippen molar-refractivity contribution in [1.29, 1.82) is 0 Å². The van der Waals surface area contributed by atoms with E-state index in [0.29, 0.717) is 23.9 Å². The van der Waals surface area contributed by atoms with Crippen molar-refractivity contribution in [3.63, 3.8) is 0 Å². The van der Waals surface area contributed by atoms with Gasteiger partial charge in [-0.05, 0) is 18.8 Å². The van der Waals surface area contributed by atoms with Gasteiger partial charge in [0, 0.05) is 18.0 Å². The van der Waals surface area contributed by atoms with Gasteiger partial charge in [0.2, 0.25) is 0 Å². The highest BCUT2D eigenvalue weighted by molar-refractivity contribution is 6.29. The van der Waals surface area contributed by atoms with Crippen LogP contribution >= 0.6 is 11.6 Å². The minimum absolute atomic E-state index is 0.183. The summed E-state index contributed by atoms with van der Waals surface area (Å²) in [7, 11) is 0. The number of urea groups is 1. The van der Waals surface area contributed by atoms with E-state index in [2.05, 4.69) is 24.1 Å². The molecule has 0 aromatic rings. The van der Waals surface area contributed by atoms with Crippen LogP contribution in [0.25, 0.3) is 0 Å². The number of carbonyl (C=O) groups excluding carboxylic acids is 1. The third-order valence-corrected chi connectivity index (χ3v) is 2.88. The van der Waals surface area contributed by atoms with Crippen LogP contribution in [0.1, 0.15) is 39.0 Å². The van der Waals surface area contributed by atoms with Crippen molar-refractivity contribution >= 4 is 23.6 Å². The summed E-state index contributed by atoms with van der Waals surface area (Å²) < 4.78 is 0. The Balaban J connectivity index is 3.81. The topological polar surface area (TPSA) is 78.4 Å². The fourth-order valence-corrected chi connectivity index (χ4v) is 1.86. The van der Waals surface area contributed by atoms with Gasteiger partial charge in [-0.15, -0.1) is 0 Å². The predicted octanol–water partition coefficient (Wildman–Crippen LogP) is 2.71. The fourth-order valence-electron chi connectivity index (χ4n) is 1.80. The zero-order chi connectivity index (χ0) is 14.7. The number of halogens is 1. The van der Waals surface area contributed by atoms with Crippen LogP contribution in [0.15, 0.2) is 11.6 Å². The Morgan fingerprint density at radius 1 is 1.26 bits per heavy atom. The van der Waals surface area contributed by atoms with Gasteiger partial charge in [0.05, 0.1) is 6.54 Å². The van der Waals surface area contributed by atoms with Crippen LogP contribution in [-0.2, 0) is 4.79 Å². The molecule has 110 valence electrons. The molecule has 3 N–H and O–H groups in total. The molecule has 0 spiro atoms. The van der Waals surface area contributed by atoms with Gasteiger partial charge in [-0.3, -0.25) is 4.79 Å². The molecular formula is C13H23ClN2O3. The molecule has 6 heteroatoms. The summed E-state index contributed by atoms with van der Waals surface area (Å²) in [6, 6.07) is -0.282. The molecule has 0 aromatic carbocycles. The summed E-state index contributed by atoms with van der Waals surface area (Å²) in [5.41, 5.74) is 0. The molecule has 0 rings (SSSR count). The van der Waals surface area contributed by atoms with Gasteiger partial charge in [0.25, 0.3) is 0 Å². The Hall–Kier alpha value is -1.23. The van der Waals surface area contributed by atoms with Crippen molar-refractivity contribution in [2.75, 3.05) is 13.1 Å². The average Bonchev–Trinajstić information content (AvgIpc) is 2.33. The number of carbonyl (C=O) groups is 2. The summed E-state index contributed by atoms with van der Waals surface area (Å²) in [4.78, 5) is 21.9. The quantitative estimate of drug-likeness (QED) is 0.579. The maximum absolute atomic E-state index is 11.3. The molecule has 1 unspecified atom stereocenters. The third kappa shape index (κ3) is 11.6. The number of carboxylic acids is 1. The summed E-state index contributed by atoms with van der Waals surface area (Å²) >= 11 is 5.53. The molecule has 0 aliphatic rings. The molecule has 1 atom stereocenters. The van der Waals surface area contributed by atoms with E-state index in [4.69, 9.17) is 16.7 Å². The molecule has 0 radical (unpaired) electrons. The number of nitrogens with one attached hydrogen (secondary N) is 2. The minimum Gasteiger partial charge on any atom is -0.481 e.